The van der Waals surface area contributed by atoms with Gasteiger partial charge in [0, 0.05) is 26.2 Å². The van der Waals surface area contributed by atoms with Gasteiger partial charge in [-0.2, -0.15) is 0 Å². The molecule has 0 aromatic heterocycles. The number of rotatable bonds is 3. The van der Waals surface area contributed by atoms with Crippen LogP contribution in [0.1, 0.15) is 0 Å². The van der Waals surface area contributed by atoms with Gasteiger partial charge in [0.1, 0.15) is 0 Å². The van der Waals surface area contributed by atoms with Crippen molar-refractivity contribution >= 4 is 18.8 Å². The van der Waals surface area contributed by atoms with Gasteiger partial charge in [0.05, 0.1) is 5.92 Å². The Kier molecular flexibility index (Phi) is 2.80. The van der Waals surface area contributed by atoms with Crippen molar-refractivity contribution in [3.05, 3.63) is 0 Å². The molecule has 88 valence electrons. The van der Waals surface area contributed by atoms with E-state index in [9.17, 15) is 14.4 Å². The van der Waals surface area contributed by atoms with Crippen LogP contribution in [0.25, 0.3) is 0 Å². The summed E-state index contributed by atoms with van der Waals surface area (Å²) in [5.74, 6) is -1.34. The highest BCUT2D eigenvalue weighted by Crippen LogP contribution is 2.34. The van der Waals surface area contributed by atoms with Crippen LogP contribution in [0.15, 0.2) is 0 Å². The topological polar surface area (TPSA) is 77.9 Å². The van der Waals surface area contributed by atoms with Crippen LogP contribution in [0, 0.1) is 17.8 Å². The monoisotopic (exact) mass is 226 g/mol. The quantitative estimate of drug-likeness (QED) is 0.617. The first-order valence-corrected chi connectivity index (χ1v) is 5.27. The second-order valence-corrected chi connectivity index (χ2v) is 4.49. The number of carbonyl (C=O) groups is 3. The minimum absolute atomic E-state index is 0.0149. The van der Waals surface area contributed by atoms with Gasteiger partial charge in [-0.1, -0.05) is 0 Å². The highest BCUT2D eigenvalue weighted by molar-refractivity contribution is 5.72. The van der Waals surface area contributed by atoms with E-state index in [2.05, 4.69) is 0 Å². The molecule has 2 aliphatic rings. The predicted molar refractivity (Wildman–Crippen MR) is 53.4 cm³/mol. The van der Waals surface area contributed by atoms with Gasteiger partial charge in [-0.05, 0) is 11.8 Å². The van der Waals surface area contributed by atoms with Gasteiger partial charge in [0.15, 0.2) is 0 Å². The minimum Gasteiger partial charge on any atom is -0.481 e. The number of fused-ring (bicyclic) bond motifs is 1. The Morgan fingerprint density at radius 3 is 2.12 bits per heavy atom. The summed E-state index contributed by atoms with van der Waals surface area (Å²) in [6.45, 7) is 1.87. The molecule has 2 saturated heterocycles. The zero-order chi connectivity index (χ0) is 11.7. The Morgan fingerprint density at radius 2 is 1.62 bits per heavy atom. The third-order valence-corrected chi connectivity index (χ3v) is 3.55. The Balaban J connectivity index is 2.16. The fraction of sp³-hybridized carbons (Fsp3) is 0.700. The van der Waals surface area contributed by atoms with Crippen LogP contribution in [0.3, 0.4) is 0 Å². The molecule has 1 N–H and O–H groups in total. The number of hydrogen-bond donors (Lipinski definition) is 1. The predicted octanol–water partition coefficient (Wildman–Crippen LogP) is -1.14. The molecule has 6 nitrogen and oxygen atoms in total. The second kappa shape index (κ2) is 4.11. The molecule has 2 fully saturated rings. The summed E-state index contributed by atoms with van der Waals surface area (Å²) in [7, 11) is 0. The van der Waals surface area contributed by atoms with Crippen molar-refractivity contribution in [3.63, 3.8) is 0 Å². The number of carbonyl (C=O) groups excluding carboxylic acids is 2. The fourth-order valence-electron chi connectivity index (χ4n) is 2.78. The van der Waals surface area contributed by atoms with Crippen molar-refractivity contribution in [2.24, 2.45) is 17.8 Å². The molecule has 2 rings (SSSR count). The lowest BCUT2D eigenvalue weighted by atomic mass is 9.80. The molecular formula is C10H14N2O4. The van der Waals surface area contributed by atoms with Crippen LogP contribution in [0.5, 0.6) is 0 Å². The third-order valence-electron chi connectivity index (χ3n) is 3.55. The molecular weight excluding hydrogens is 212 g/mol. The molecule has 0 saturated carbocycles. The second-order valence-electron chi connectivity index (χ2n) is 4.49. The Bertz CT molecular complexity index is 320. The van der Waals surface area contributed by atoms with Gasteiger partial charge in [0.2, 0.25) is 12.8 Å². The van der Waals surface area contributed by atoms with E-state index in [-0.39, 0.29) is 18.4 Å². The first-order valence-electron chi connectivity index (χ1n) is 5.27. The molecule has 2 amide bonds. The number of carboxylic acid groups (broad SMARTS) is 1. The number of amides is 2. The number of carboxylic acids is 1. The maximum atomic E-state index is 11.1. The summed E-state index contributed by atoms with van der Waals surface area (Å²) < 4.78 is 0. The van der Waals surface area contributed by atoms with Crippen molar-refractivity contribution in [1.29, 1.82) is 0 Å². The average molecular weight is 226 g/mol. The van der Waals surface area contributed by atoms with E-state index in [1.807, 2.05) is 0 Å². The van der Waals surface area contributed by atoms with E-state index in [1.165, 1.54) is 4.90 Å². The molecule has 0 spiro atoms. The summed E-state index contributed by atoms with van der Waals surface area (Å²) in [6, 6.07) is 0. The van der Waals surface area contributed by atoms with Crippen LogP contribution < -0.4 is 0 Å². The Hall–Kier alpha value is -1.59. The third kappa shape index (κ3) is 1.75. The van der Waals surface area contributed by atoms with Crippen molar-refractivity contribution in [2.45, 2.75) is 0 Å². The fourth-order valence-corrected chi connectivity index (χ4v) is 2.78. The summed E-state index contributed by atoms with van der Waals surface area (Å²) in [4.78, 5) is 35.6. The lowest BCUT2D eigenvalue weighted by Gasteiger charge is -2.36. The van der Waals surface area contributed by atoms with E-state index in [4.69, 9.17) is 5.11 Å². The van der Waals surface area contributed by atoms with Crippen LogP contribution in [0.2, 0.25) is 0 Å². The van der Waals surface area contributed by atoms with Crippen molar-refractivity contribution in [1.82, 2.24) is 9.80 Å². The zero-order valence-corrected chi connectivity index (χ0v) is 8.78. The number of likely N-dealkylation sites (tertiary alicyclic amines) is 2. The first-order chi connectivity index (χ1) is 7.65. The lowest BCUT2D eigenvalue weighted by Crippen LogP contribution is -2.48. The Labute approximate surface area is 92.8 Å². The highest BCUT2D eigenvalue weighted by Gasteiger charge is 2.45. The van der Waals surface area contributed by atoms with E-state index in [0.717, 1.165) is 6.41 Å². The molecule has 0 radical (unpaired) electrons. The number of hydrogen-bond acceptors (Lipinski definition) is 3. The first kappa shape index (κ1) is 10.9. The standard InChI is InChI=1S/C10H14N2O4/c13-5-11-1-7-2-12(6-14)4-9(10(15)16)8(7)3-11/h5-9H,1-4H2,(H,15,16). The molecule has 3 unspecified atom stereocenters. The summed E-state index contributed by atoms with van der Waals surface area (Å²) in [5, 5.41) is 9.11. The summed E-state index contributed by atoms with van der Waals surface area (Å²) in [6.07, 6.45) is 1.44. The molecule has 16 heavy (non-hydrogen) atoms. The number of piperidine rings is 1. The van der Waals surface area contributed by atoms with Crippen LogP contribution in [-0.2, 0) is 14.4 Å². The van der Waals surface area contributed by atoms with E-state index >= 15 is 0 Å². The Morgan fingerprint density at radius 1 is 1.06 bits per heavy atom. The molecule has 2 aliphatic heterocycles. The maximum absolute atomic E-state index is 11.1. The molecule has 0 aromatic carbocycles. The smallest absolute Gasteiger partial charge is 0.308 e. The summed E-state index contributed by atoms with van der Waals surface area (Å²) >= 11 is 0. The maximum Gasteiger partial charge on any atom is 0.308 e. The van der Waals surface area contributed by atoms with E-state index in [1.54, 1.807) is 4.90 Å². The van der Waals surface area contributed by atoms with Gasteiger partial charge >= 0.3 is 5.97 Å². The van der Waals surface area contributed by atoms with Gasteiger partial charge in [-0.3, -0.25) is 14.4 Å². The van der Waals surface area contributed by atoms with Gasteiger partial charge in [0.25, 0.3) is 0 Å². The molecule has 0 aromatic rings. The number of nitrogens with zero attached hydrogens (tertiary/aromatic N) is 2. The van der Waals surface area contributed by atoms with Crippen molar-refractivity contribution < 1.29 is 19.5 Å². The SMILES string of the molecule is O=CN1CC2CN(C=O)CC2C(C(=O)O)C1. The molecule has 0 aliphatic carbocycles. The summed E-state index contributed by atoms with van der Waals surface area (Å²) in [5.41, 5.74) is 0. The zero-order valence-electron chi connectivity index (χ0n) is 8.78. The largest absolute Gasteiger partial charge is 0.481 e. The van der Waals surface area contributed by atoms with Crippen LogP contribution in [0.4, 0.5) is 0 Å². The minimum atomic E-state index is -0.880. The molecule has 0 bridgehead atoms. The van der Waals surface area contributed by atoms with Crippen molar-refractivity contribution in [2.75, 3.05) is 26.2 Å². The van der Waals surface area contributed by atoms with Crippen molar-refractivity contribution in [3.8, 4) is 0 Å². The lowest BCUT2D eigenvalue weighted by molar-refractivity contribution is -0.147. The van der Waals surface area contributed by atoms with Gasteiger partial charge < -0.3 is 14.9 Å². The molecule has 6 heteroatoms. The molecule has 3 atom stereocenters. The van der Waals surface area contributed by atoms with Gasteiger partial charge in [-0.15, -0.1) is 0 Å². The van der Waals surface area contributed by atoms with Crippen LogP contribution >= 0.6 is 0 Å². The normalized spacial score (nSPS) is 33.4. The average Bonchev–Trinajstić information content (AvgIpc) is 2.69. The highest BCUT2D eigenvalue weighted by atomic mass is 16.4. The van der Waals surface area contributed by atoms with E-state index < -0.39 is 11.9 Å². The van der Waals surface area contributed by atoms with E-state index in [0.29, 0.717) is 26.0 Å². The van der Waals surface area contributed by atoms with Crippen LogP contribution in [-0.4, -0.2) is 59.9 Å². The number of aliphatic carboxylic acids is 1. The molecule has 2 heterocycles. The van der Waals surface area contributed by atoms with Gasteiger partial charge in [-0.25, -0.2) is 0 Å².